The maximum absolute atomic E-state index is 11.9. The molecule has 92 valence electrons. The van der Waals surface area contributed by atoms with Gasteiger partial charge in [0.05, 0.1) is 5.52 Å². The molecule has 2 aromatic rings. The molecule has 18 heavy (non-hydrogen) atoms. The monoisotopic (exact) mass is 244 g/mol. The number of rotatable bonds is 4. The maximum atomic E-state index is 11.9. The fourth-order valence-corrected chi connectivity index (χ4v) is 1.73. The number of fused-ring (bicyclic) bond motifs is 1. The number of aromatic nitrogens is 2. The highest BCUT2D eigenvalue weighted by molar-refractivity contribution is 6.04. The molecule has 0 aliphatic carbocycles. The second-order valence-electron chi connectivity index (χ2n) is 3.70. The molecule has 0 aliphatic rings. The van der Waals surface area contributed by atoms with E-state index in [1.165, 1.54) is 0 Å². The van der Waals surface area contributed by atoms with E-state index in [0.29, 0.717) is 12.2 Å². The van der Waals surface area contributed by atoms with Crippen molar-refractivity contribution < 1.29 is 4.79 Å². The smallest absolute Gasteiger partial charge is 0.272 e. The normalized spacial score (nSPS) is 10.1. The summed E-state index contributed by atoms with van der Waals surface area (Å²) < 4.78 is 1.66. The first-order chi connectivity index (χ1) is 8.74. The highest BCUT2D eigenvalue weighted by Gasteiger charge is 2.14. The number of azide groups is 1. The van der Waals surface area contributed by atoms with Gasteiger partial charge in [-0.1, -0.05) is 23.3 Å². The van der Waals surface area contributed by atoms with Crippen LogP contribution < -0.4 is 5.32 Å². The first-order valence-electron chi connectivity index (χ1n) is 5.45. The van der Waals surface area contributed by atoms with Gasteiger partial charge in [-0.3, -0.25) is 9.48 Å². The van der Waals surface area contributed by atoms with Crippen LogP contribution in [0.2, 0.25) is 0 Å². The minimum absolute atomic E-state index is 0.229. The summed E-state index contributed by atoms with van der Waals surface area (Å²) in [5, 5.41) is 11.0. The van der Waals surface area contributed by atoms with Crippen LogP contribution in [-0.4, -0.2) is 28.8 Å². The Balaban J connectivity index is 2.20. The van der Waals surface area contributed by atoms with Gasteiger partial charge in [0.2, 0.25) is 0 Å². The van der Waals surface area contributed by atoms with Gasteiger partial charge in [0, 0.05) is 30.4 Å². The average Bonchev–Trinajstić information content (AvgIpc) is 2.73. The van der Waals surface area contributed by atoms with Crippen molar-refractivity contribution in [3.63, 3.8) is 0 Å². The van der Waals surface area contributed by atoms with E-state index in [0.717, 1.165) is 10.9 Å². The number of benzene rings is 1. The first kappa shape index (κ1) is 11.9. The summed E-state index contributed by atoms with van der Waals surface area (Å²) in [5.74, 6) is -0.264. The van der Waals surface area contributed by atoms with Crippen LogP contribution in [0.25, 0.3) is 21.3 Å². The molecule has 0 bridgehead atoms. The maximum Gasteiger partial charge on any atom is 0.272 e. The highest BCUT2D eigenvalue weighted by Crippen LogP contribution is 2.16. The van der Waals surface area contributed by atoms with Gasteiger partial charge in [0.15, 0.2) is 5.69 Å². The number of hydrogen-bond donors (Lipinski definition) is 1. The van der Waals surface area contributed by atoms with Crippen molar-refractivity contribution in [2.45, 2.75) is 0 Å². The van der Waals surface area contributed by atoms with Crippen LogP contribution in [0.15, 0.2) is 29.4 Å². The molecule has 1 aromatic heterocycles. The molecule has 0 fully saturated rings. The fraction of sp³-hybridized carbons (Fsp3) is 0.273. The summed E-state index contributed by atoms with van der Waals surface area (Å²) in [6.07, 6.45) is 0. The minimum Gasteiger partial charge on any atom is -0.350 e. The summed E-state index contributed by atoms with van der Waals surface area (Å²) in [4.78, 5) is 14.5. The number of nitrogens with one attached hydrogen (secondary N) is 1. The first-order valence-corrected chi connectivity index (χ1v) is 5.45. The van der Waals surface area contributed by atoms with E-state index in [-0.39, 0.29) is 12.5 Å². The van der Waals surface area contributed by atoms with Gasteiger partial charge in [-0.15, -0.1) is 0 Å². The second kappa shape index (κ2) is 5.20. The third-order valence-electron chi connectivity index (χ3n) is 2.53. The lowest BCUT2D eigenvalue weighted by molar-refractivity contribution is 0.0950. The number of amides is 1. The van der Waals surface area contributed by atoms with Gasteiger partial charge in [0.1, 0.15) is 0 Å². The number of carbonyl (C=O) groups is 1. The van der Waals surface area contributed by atoms with Gasteiger partial charge >= 0.3 is 0 Å². The molecular weight excluding hydrogens is 232 g/mol. The van der Waals surface area contributed by atoms with Crippen molar-refractivity contribution in [2.24, 2.45) is 12.2 Å². The molecule has 1 aromatic carbocycles. The van der Waals surface area contributed by atoms with Crippen molar-refractivity contribution in [3.05, 3.63) is 40.4 Å². The van der Waals surface area contributed by atoms with E-state index in [1.807, 2.05) is 24.3 Å². The van der Waals surface area contributed by atoms with E-state index in [2.05, 4.69) is 20.4 Å². The van der Waals surface area contributed by atoms with Gasteiger partial charge in [-0.05, 0) is 11.6 Å². The van der Waals surface area contributed by atoms with Crippen LogP contribution in [0, 0.1) is 0 Å². The lowest BCUT2D eigenvalue weighted by Crippen LogP contribution is -2.26. The standard InChI is InChI=1S/C11H12N6O/c1-17-9-5-3-2-4-8(9)10(15-17)11(18)13-6-7-14-16-12/h2-5H,6-7H2,1H3,(H,13,18). The summed E-state index contributed by atoms with van der Waals surface area (Å²) in [6.45, 7) is 0.529. The van der Waals surface area contributed by atoms with Crippen molar-refractivity contribution in [1.29, 1.82) is 0 Å². The minimum atomic E-state index is -0.264. The molecule has 1 heterocycles. The number of para-hydroxylation sites is 1. The quantitative estimate of drug-likeness (QED) is 0.382. The Bertz CT molecular complexity index is 625. The van der Waals surface area contributed by atoms with Crippen LogP contribution in [0.5, 0.6) is 0 Å². The van der Waals surface area contributed by atoms with E-state index < -0.39 is 0 Å². The summed E-state index contributed by atoms with van der Waals surface area (Å²) in [6, 6.07) is 7.51. The SMILES string of the molecule is Cn1nc(C(=O)NCCN=[N+]=[N-])c2ccccc21. The van der Waals surface area contributed by atoms with Gasteiger partial charge < -0.3 is 5.32 Å². The molecule has 7 heteroatoms. The zero-order valence-corrected chi connectivity index (χ0v) is 9.87. The molecule has 0 saturated heterocycles. The van der Waals surface area contributed by atoms with Crippen molar-refractivity contribution in [2.75, 3.05) is 13.1 Å². The number of nitrogens with zero attached hydrogens (tertiary/aromatic N) is 5. The zero-order valence-electron chi connectivity index (χ0n) is 9.87. The van der Waals surface area contributed by atoms with Crippen LogP contribution in [0.3, 0.4) is 0 Å². The summed E-state index contributed by atoms with van der Waals surface area (Å²) in [7, 11) is 1.79. The van der Waals surface area contributed by atoms with Crippen LogP contribution in [-0.2, 0) is 7.05 Å². The number of aryl methyl sites for hydroxylation is 1. The Kier molecular flexibility index (Phi) is 3.45. The second-order valence-corrected chi connectivity index (χ2v) is 3.70. The third kappa shape index (κ3) is 2.26. The Morgan fingerprint density at radius 1 is 1.56 bits per heavy atom. The van der Waals surface area contributed by atoms with Crippen LogP contribution in [0.4, 0.5) is 0 Å². The molecule has 0 atom stereocenters. The topological polar surface area (TPSA) is 95.7 Å². The van der Waals surface area contributed by atoms with Crippen LogP contribution in [0.1, 0.15) is 10.5 Å². The van der Waals surface area contributed by atoms with Gasteiger partial charge in [-0.25, -0.2) is 0 Å². The molecule has 0 aliphatic heterocycles. The molecule has 0 saturated carbocycles. The lowest BCUT2D eigenvalue weighted by atomic mass is 10.2. The Morgan fingerprint density at radius 2 is 2.33 bits per heavy atom. The molecule has 1 N–H and O–H groups in total. The molecule has 0 unspecified atom stereocenters. The molecule has 0 spiro atoms. The predicted molar refractivity (Wildman–Crippen MR) is 67.1 cm³/mol. The lowest BCUT2D eigenvalue weighted by Gasteiger charge is -1.99. The van der Waals surface area contributed by atoms with Crippen molar-refractivity contribution in [1.82, 2.24) is 15.1 Å². The molecule has 0 radical (unpaired) electrons. The van der Waals surface area contributed by atoms with Crippen molar-refractivity contribution >= 4 is 16.8 Å². The van der Waals surface area contributed by atoms with E-state index in [9.17, 15) is 4.79 Å². The Labute approximate surface area is 103 Å². The fourth-order valence-electron chi connectivity index (χ4n) is 1.73. The van der Waals surface area contributed by atoms with E-state index in [4.69, 9.17) is 5.53 Å². The largest absolute Gasteiger partial charge is 0.350 e. The molecule has 1 amide bonds. The molecule has 7 nitrogen and oxygen atoms in total. The number of hydrogen-bond acceptors (Lipinski definition) is 3. The predicted octanol–water partition coefficient (Wildman–Crippen LogP) is 1.61. The molecular formula is C11H12N6O. The van der Waals surface area contributed by atoms with Gasteiger partial charge in [-0.2, -0.15) is 5.10 Å². The number of carbonyl (C=O) groups excluding carboxylic acids is 1. The third-order valence-corrected chi connectivity index (χ3v) is 2.53. The average molecular weight is 244 g/mol. The van der Waals surface area contributed by atoms with E-state index in [1.54, 1.807) is 11.7 Å². The zero-order chi connectivity index (χ0) is 13.0. The summed E-state index contributed by atoms with van der Waals surface area (Å²) >= 11 is 0. The Morgan fingerprint density at radius 3 is 3.11 bits per heavy atom. The Hall–Kier alpha value is -2.53. The van der Waals surface area contributed by atoms with E-state index >= 15 is 0 Å². The molecule has 2 rings (SSSR count). The van der Waals surface area contributed by atoms with Crippen molar-refractivity contribution in [3.8, 4) is 0 Å². The highest BCUT2D eigenvalue weighted by atomic mass is 16.1. The van der Waals surface area contributed by atoms with Crippen LogP contribution >= 0.6 is 0 Å². The summed E-state index contributed by atoms with van der Waals surface area (Å²) in [5.41, 5.74) is 9.41. The van der Waals surface area contributed by atoms with Gasteiger partial charge in [0.25, 0.3) is 5.91 Å².